The number of nitrogens with one attached hydrogen (secondary N) is 1. The van der Waals surface area contributed by atoms with Gasteiger partial charge < -0.3 is 20.9 Å². The van der Waals surface area contributed by atoms with Crippen molar-refractivity contribution in [1.29, 1.82) is 0 Å². The van der Waals surface area contributed by atoms with E-state index in [1.54, 1.807) is 28.9 Å². The smallest absolute Gasteiger partial charge is 0.169 e. The van der Waals surface area contributed by atoms with Crippen LogP contribution in [0.3, 0.4) is 0 Å². The van der Waals surface area contributed by atoms with Gasteiger partial charge in [0.05, 0.1) is 16.1 Å². The number of nitrogens with two attached hydrogens (primary N) is 1. The Hall–Kier alpha value is -4.47. The van der Waals surface area contributed by atoms with Crippen molar-refractivity contribution in [3.05, 3.63) is 102 Å². The van der Waals surface area contributed by atoms with Crippen LogP contribution in [0.1, 0.15) is 5.56 Å². The summed E-state index contributed by atoms with van der Waals surface area (Å²) in [5.74, 6) is 0.385. The van der Waals surface area contributed by atoms with E-state index in [0.717, 1.165) is 0 Å². The van der Waals surface area contributed by atoms with Crippen LogP contribution in [0.25, 0.3) is 28.0 Å². The molecule has 2 heterocycles. The first kappa shape index (κ1) is 24.2. The van der Waals surface area contributed by atoms with E-state index in [-0.39, 0.29) is 18.2 Å². The average molecular weight is 517 g/mol. The lowest BCUT2D eigenvalue weighted by Crippen LogP contribution is -2.15. The molecule has 0 spiro atoms. The van der Waals surface area contributed by atoms with E-state index in [0.29, 0.717) is 50.0 Å². The average Bonchev–Trinajstić information content (AvgIpc) is 3.29. The van der Waals surface area contributed by atoms with E-state index in [1.165, 1.54) is 24.5 Å². The number of rotatable bonds is 8. The fraction of sp³-hybridized carbons (Fsp3) is 0.0741. The molecule has 0 amide bonds. The molecule has 0 bridgehead atoms. The lowest BCUT2D eigenvalue weighted by atomic mass is 10.1. The molecule has 5 rings (SSSR count). The highest BCUT2D eigenvalue weighted by Crippen LogP contribution is 2.36. The topological polar surface area (TPSA) is 111 Å². The molecule has 10 heteroatoms. The van der Waals surface area contributed by atoms with E-state index >= 15 is 0 Å². The number of nitrogens with zero attached hydrogens (tertiary/aromatic N) is 4. The summed E-state index contributed by atoms with van der Waals surface area (Å²) in [5, 5.41) is 18.5. The van der Waals surface area contributed by atoms with Crippen LogP contribution in [0.4, 0.5) is 15.9 Å². The van der Waals surface area contributed by atoms with Crippen molar-refractivity contribution in [2.45, 2.75) is 12.8 Å². The number of nitrogen functional groups attached to an aromatic ring is 1. The summed E-state index contributed by atoms with van der Waals surface area (Å²) >= 11 is 6.54. The SMILES string of the molecule is C=CC(O)Nc1cccc(-n2nc(-c3ccc(OCc4cccc(F)c4)c(Cl)c3)c3c(N)ncnc32)c1. The summed E-state index contributed by atoms with van der Waals surface area (Å²) in [7, 11) is 0. The molecule has 8 nitrogen and oxygen atoms in total. The van der Waals surface area contributed by atoms with Crippen LogP contribution in [-0.4, -0.2) is 31.1 Å². The standard InChI is InChI=1S/C27H22ClFN6O2/c1-2-23(36)33-19-7-4-8-20(13-19)35-27-24(26(30)31-15-32-27)25(34-35)17-9-10-22(21(28)12-17)37-14-16-5-3-6-18(29)11-16/h2-13,15,23,33,36H,1,14H2,(H2,30,31,32). The number of ether oxygens (including phenoxy) is 1. The predicted molar refractivity (Wildman–Crippen MR) is 142 cm³/mol. The molecule has 0 aliphatic carbocycles. The van der Waals surface area contributed by atoms with Gasteiger partial charge in [0.1, 0.15) is 42.2 Å². The van der Waals surface area contributed by atoms with Crippen LogP contribution >= 0.6 is 11.6 Å². The number of anilines is 2. The maximum Gasteiger partial charge on any atom is 0.169 e. The number of hydrogen-bond acceptors (Lipinski definition) is 7. The molecular weight excluding hydrogens is 495 g/mol. The molecular formula is C27H22ClFN6O2. The van der Waals surface area contributed by atoms with Gasteiger partial charge in [0, 0.05) is 11.3 Å². The monoisotopic (exact) mass is 516 g/mol. The first-order valence-electron chi connectivity index (χ1n) is 11.3. The van der Waals surface area contributed by atoms with E-state index in [9.17, 15) is 9.50 Å². The van der Waals surface area contributed by atoms with Crippen LogP contribution in [-0.2, 0) is 6.61 Å². The van der Waals surface area contributed by atoms with Gasteiger partial charge in [-0.1, -0.05) is 36.4 Å². The number of fused-ring (bicyclic) bond motifs is 1. The maximum absolute atomic E-state index is 13.5. The van der Waals surface area contributed by atoms with Gasteiger partial charge in [0.15, 0.2) is 5.65 Å². The number of aliphatic hydroxyl groups excluding tert-OH is 1. The Kier molecular flexibility index (Phi) is 6.72. The van der Waals surface area contributed by atoms with Crippen LogP contribution < -0.4 is 15.8 Å². The molecule has 0 aliphatic heterocycles. The molecule has 0 aliphatic rings. The van der Waals surface area contributed by atoms with Crippen LogP contribution in [0.15, 0.2) is 85.7 Å². The Balaban J connectivity index is 1.51. The highest BCUT2D eigenvalue weighted by Gasteiger charge is 2.19. The van der Waals surface area contributed by atoms with Gasteiger partial charge in [-0.3, -0.25) is 0 Å². The zero-order valence-electron chi connectivity index (χ0n) is 19.5. The fourth-order valence-electron chi connectivity index (χ4n) is 3.87. The van der Waals surface area contributed by atoms with Crippen LogP contribution in [0.2, 0.25) is 5.02 Å². The second-order valence-electron chi connectivity index (χ2n) is 8.16. The molecule has 1 unspecified atom stereocenters. The van der Waals surface area contributed by atoms with Gasteiger partial charge in [-0.05, 0) is 60.2 Å². The predicted octanol–water partition coefficient (Wildman–Crippen LogP) is 5.35. The minimum atomic E-state index is -0.901. The zero-order valence-corrected chi connectivity index (χ0v) is 20.2. The largest absolute Gasteiger partial charge is 0.487 e. The van der Waals surface area contributed by atoms with Crippen LogP contribution in [0.5, 0.6) is 5.75 Å². The summed E-state index contributed by atoms with van der Waals surface area (Å²) in [4.78, 5) is 8.56. The lowest BCUT2D eigenvalue weighted by molar-refractivity contribution is 0.253. The molecule has 0 fully saturated rings. The van der Waals surface area contributed by atoms with E-state index in [4.69, 9.17) is 27.2 Å². The molecule has 3 aromatic carbocycles. The van der Waals surface area contributed by atoms with Gasteiger partial charge in [0.25, 0.3) is 0 Å². The molecule has 5 aromatic rings. The minimum absolute atomic E-state index is 0.167. The van der Waals surface area contributed by atoms with E-state index < -0.39 is 6.23 Å². The van der Waals surface area contributed by atoms with Gasteiger partial charge >= 0.3 is 0 Å². The molecule has 4 N–H and O–H groups in total. The number of hydrogen-bond donors (Lipinski definition) is 3. The summed E-state index contributed by atoms with van der Waals surface area (Å²) in [6.45, 7) is 3.74. The van der Waals surface area contributed by atoms with E-state index in [2.05, 4.69) is 21.9 Å². The maximum atomic E-state index is 13.5. The molecule has 0 saturated carbocycles. The van der Waals surface area contributed by atoms with Crippen molar-refractivity contribution < 1.29 is 14.2 Å². The Morgan fingerprint density at radius 3 is 2.76 bits per heavy atom. The number of halogens is 2. The Morgan fingerprint density at radius 1 is 1.14 bits per heavy atom. The normalized spacial score (nSPS) is 11.9. The molecule has 0 radical (unpaired) electrons. The Morgan fingerprint density at radius 2 is 1.97 bits per heavy atom. The molecule has 1 atom stereocenters. The second kappa shape index (κ2) is 10.3. The first-order valence-corrected chi connectivity index (χ1v) is 11.6. The summed E-state index contributed by atoms with van der Waals surface area (Å²) in [6, 6.07) is 18.8. The third-order valence-corrected chi connectivity index (χ3v) is 5.91. The van der Waals surface area contributed by atoms with Crippen molar-refractivity contribution in [1.82, 2.24) is 19.7 Å². The molecule has 37 heavy (non-hydrogen) atoms. The van der Waals surface area contributed by atoms with Gasteiger partial charge in [-0.25, -0.2) is 19.0 Å². The molecule has 186 valence electrons. The quantitative estimate of drug-likeness (QED) is 0.188. The number of benzene rings is 3. The Bertz CT molecular complexity index is 1610. The molecule has 0 saturated heterocycles. The highest BCUT2D eigenvalue weighted by molar-refractivity contribution is 6.32. The number of aliphatic hydroxyl groups is 1. The van der Waals surface area contributed by atoms with Gasteiger partial charge in [-0.2, -0.15) is 5.10 Å². The lowest BCUT2D eigenvalue weighted by Gasteiger charge is -2.11. The van der Waals surface area contributed by atoms with Crippen LogP contribution in [0, 0.1) is 5.82 Å². The van der Waals surface area contributed by atoms with Crippen molar-refractivity contribution in [2.24, 2.45) is 0 Å². The third kappa shape index (κ3) is 5.09. The summed E-state index contributed by atoms with van der Waals surface area (Å²) < 4.78 is 20.9. The van der Waals surface area contributed by atoms with Crippen molar-refractivity contribution >= 4 is 34.1 Å². The zero-order chi connectivity index (χ0) is 25.9. The van der Waals surface area contributed by atoms with Crippen molar-refractivity contribution in [3.8, 4) is 22.7 Å². The third-order valence-electron chi connectivity index (χ3n) is 5.61. The first-order chi connectivity index (χ1) is 17.9. The summed E-state index contributed by atoms with van der Waals surface area (Å²) in [6.07, 6.45) is 1.86. The van der Waals surface area contributed by atoms with E-state index in [1.807, 2.05) is 30.3 Å². The summed E-state index contributed by atoms with van der Waals surface area (Å²) in [5.41, 5.74) is 10.0. The van der Waals surface area contributed by atoms with Crippen molar-refractivity contribution in [3.63, 3.8) is 0 Å². The number of aromatic nitrogens is 4. The second-order valence-corrected chi connectivity index (χ2v) is 8.56. The Labute approximate surface area is 216 Å². The van der Waals surface area contributed by atoms with Gasteiger partial charge in [-0.15, -0.1) is 0 Å². The highest BCUT2D eigenvalue weighted by atomic mass is 35.5. The molecule has 2 aromatic heterocycles. The van der Waals surface area contributed by atoms with Crippen molar-refractivity contribution in [2.75, 3.05) is 11.1 Å². The minimum Gasteiger partial charge on any atom is -0.487 e. The van der Waals surface area contributed by atoms with Gasteiger partial charge in [0.2, 0.25) is 0 Å². The fourth-order valence-corrected chi connectivity index (χ4v) is 4.10.